The highest BCUT2D eigenvalue weighted by Gasteiger charge is 2.39. The number of carbonyl (C=O) groups is 1. The molecule has 2 aliphatic rings. The summed E-state index contributed by atoms with van der Waals surface area (Å²) in [6.45, 7) is 5.47. The monoisotopic (exact) mass is 281 g/mol. The summed E-state index contributed by atoms with van der Waals surface area (Å²) in [5, 5.41) is 13.0. The predicted octanol–water partition coefficient (Wildman–Crippen LogP) is 3.83. The summed E-state index contributed by atoms with van der Waals surface area (Å²) in [5.74, 6) is 0.689. The molecule has 0 aromatic rings. The third-order valence-electron chi connectivity index (χ3n) is 5.26. The predicted molar refractivity (Wildman–Crippen MR) is 81.7 cm³/mol. The van der Waals surface area contributed by atoms with Gasteiger partial charge in [0, 0.05) is 12.6 Å². The van der Waals surface area contributed by atoms with Crippen molar-refractivity contribution in [3.63, 3.8) is 0 Å². The summed E-state index contributed by atoms with van der Waals surface area (Å²) in [4.78, 5) is 11.3. The van der Waals surface area contributed by atoms with Crippen LogP contribution >= 0.6 is 0 Å². The molecule has 2 rings (SSSR count). The summed E-state index contributed by atoms with van der Waals surface area (Å²) in [6.07, 6.45) is 10.3. The minimum atomic E-state index is -0.628. The molecule has 3 nitrogen and oxygen atoms in total. The largest absolute Gasteiger partial charge is 0.481 e. The maximum Gasteiger partial charge on any atom is 0.303 e. The quantitative estimate of drug-likeness (QED) is 0.805. The summed E-state index contributed by atoms with van der Waals surface area (Å²) in [5.41, 5.74) is -0.0135. The lowest BCUT2D eigenvalue weighted by molar-refractivity contribution is -0.141. The van der Waals surface area contributed by atoms with E-state index in [1.165, 1.54) is 38.5 Å². The number of nitrogens with one attached hydrogen (secondary N) is 1. The molecule has 116 valence electrons. The molecule has 2 fully saturated rings. The van der Waals surface area contributed by atoms with Crippen LogP contribution in [0.15, 0.2) is 0 Å². The highest BCUT2D eigenvalue weighted by atomic mass is 16.4. The maximum absolute atomic E-state index is 11.3. The number of hydrogen-bond donors (Lipinski definition) is 2. The van der Waals surface area contributed by atoms with E-state index in [2.05, 4.69) is 19.2 Å². The van der Waals surface area contributed by atoms with Crippen molar-refractivity contribution in [2.45, 2.75) is 77.7 Å². The van der Waals surface area contributed by atoms with E-state index in [0.29, 0.717) is 24.3 Å². The molecule has 0 heterocycles. The van der Waals surface area contributed by atoms with Crippen LogP contribution in [0.5, 0.6) is 0 Å². The Morgan fingerprint density at radius 1 is 1.15 bits per heavy atom. The Kier molecular flexibility index (Phi) is 5.48. The number of aliphatic carboxylic acids is 1. The van der Waals surface area contributed by atoms with Gasteiger partial charge in [-0.05, 0) is 49.4 Å². The van der Waals surface area contributed by atoms with Gasteiger partial charge in [-0.3, -0.25) is 4.79 Å². The Balaban J connectivity index is 1.96. The number of carboxylic acids is 1. The van der Waals surface area contributed by atoms with E-state index in [4.69, 9.17) is 0 Å². The minimum absolute atomic E-state index is 0.0135. The van der Waals surface area contributed by atoms with Gasteiger partial charge in [-0.1, -0.05) is 33.1 Å². The van der Waals surface area contributed by atoms with Gasteiger partial charge < -0.3 is 10.4 Å². The van der Waals surface area contributed by atoms with Gasteiger partial charge in [-0.25, -0.2) is 0 Å². The lowest BCUT2D eigenvalue weighted by Gasteiger charge is -2.43. The van der Waals surface area contributed by atoms with E-state index in [9.17, 15) is 9.90 Å². The second-order valence-electron chi connectivity index (χ2n) is 7.64. The zero-order valence-electron chi connectivity index (χ0n) is 13.2. The molecule has 0 aliphatic heterocycles. The van der Waals surface area contributed by atoms with E-state index in [0.717, 1.165) is 19.4 Å². The Morgan fingerprint density at radius 2 is 1.75 bits per heavy atom. The fraction of sp³-hybridized carbons (Fsp3) is 0.941. The van der Waals surface area contributed by atoms with Gasteiger partial charge in [0.25, 0.3) is 0 Å². The normalized spacial score (nSPS) is 35.9. The number of rotatable bonds is 5. The van der Waals surface area contributed by atoms with E-state index >= 15 is 0 Å². The van der Waals surface area contributed by atoms with Crippen molar-refractivity contribution in [3.05, 3.63) is 0 Å². The molecule has 2 saturated carbocycles. The van der Waals surface area contributed by atoms with Crippen molar-refractivity contribution in [3.8, 4) is 0 Å². The van der Waals surface area contributed by atoms with Gasteiger partial charge in [0.2, 0.25) is 0 Å². The van der Waals surface area contributed by atoms with Crippen LogP contribution in [0.3, 0.4) is 0 Å². The van der Waals surface area contributed by atoms with Crippen molar-refractivity contribution in [1.82, 2.24) is 5.32 Å². The fourth-order valence-corrected chi connectivity index (χ4v) is 4.75. The van der Waals surface area contributed by atoms with Gasteiger partial charge in [-0.2, -0.15) is 0 Å². The first kappa shape index (κ1) is 15.8. The van der Waals surface area contributed by atoms with Crippen LogP contribution in [0.2, 0.25) is 0 Å². The highest BCUT2D eigenvalue weighted by Crippen LogP contribution is 2.44. The van der Waals surface area contributed by atoms with Crippen molar-refractivity contribution in [2.24, 2.45) is 17.3 Å². The van der Waals surface area contributed by atoms with Crippen molar-refractivity contribution >= 4 is 5.97 Å². The molecule has 2 unspecified atom stereocenters. The number of carboxylic acid groups (broad SMARTS) is 1. The lowest BCUT2D eigenvalue weighted by Crippen LogP contribution is -2.45. The summed E-state index contributed by atoms with van der Waals surface area (Å²) in [7, 11) is 0. The molecular formula is C17H31NO2. The van der Waals surface area contributed by atoms with Crippen LogP contribution in [-0.4, -0.2) is 23.7 Å². The second kappa shape index (κ2) is 6.93. The van der Waals surface area contributed by atoms with Crippen molar-refractivity contribution < 1.29 is 9.90 Å². The molecule has 0 radical (unpaired) electrons. The molecule has 0 aromatic heterocycles. The molecule has 0 bridgehead atoms. The average Bonchev–Trinajstić information content (AvgIpc) is 2.35. The van der Waals surface area contributed by atoms with Crippen LogP contribution in [0, 0.1) is 17.3 Å². The molecule has 0 spiro atoms. The molecule has 2 aliphatic carbocycles. The topological polar surface area (TPSA) is 49.3 Å². The molecule has 20 heavy (non-hydrogen) atoms. The Hall–Kier alpha value is -0.570. The van der Waals surface area contributed by atoms with Crippen LogP contribution in [0.25, 0.3) is 0 Å². The molecular weight excluding hydrogens is 250 g/mol. The van der Waals surface area contributed by atoms with Crippen molar-refractivity contribution in [2.75, 3.05) is 6.54 Å². The van der Waals surface area contributed by atoms with E-state index in [1.807, 2.05) is 0 Å². The molecule has 3 heteroatoms. The van der Waals surface area contributed by atoms with Crippen LogP contribution in [0.1, 0.15) is 71.6 Å². The summed E-state index contributed by atoms with van der Waals surface area (Å²) < 4.78 is 0. The zero-order valence-corrected chi connectivity index (χ0v) is 13.2. The minimum Gasteiger partial charge on any atom is -0.481 e. The van der Waals surface area contributed by atoms with Gasteiger partial charge in [-0.15, -0.1) is 0 Å². The zero-order chi connectivity index (χ0) is 14.6. The first-order valence-corrected chi connectivity index (χ1v) is 8.44. The van der Waals surface area contributed by atoms with Crippen LogP contribution in [-0.2, 0) is 4.79 Å². The molecule has 0 saturated heterocycles. The van der Waals surface area contributed by atoms with Crippen LogP contribution in [0.4, 0.5) is 0 Å². The van der Waals surface area contributed by atoms with Gasteiger partial charge >= 0.3 is 5.97 Å². The molecule has 0 aromatic carbocycles. The van der Waals surface area contributed by atoms with E-state index in [1.54, 1.807) is 0 Å². The first-order valence-electron chi connectivity index (χ1n) is 8.44. The number of hydrogen-bond acceptors (Lipinski definition) is 2. The highest BCUT2D eigenvalue weighted by molar-refractivity contribution is 5.67. The van der Waals surface area contributed by atoms with E-state index in [-0.39, 0.29) is 5.41 Å². The first-order chi connectivity index (χ1) is 9.49. The third kappa shape index (κ3) is 4.47. The maximum atomic E-state index is 11.3. The van der Waals surface area contributed by atoms with E-state index < -0.39 is 5.97 Å². The van der Waals surface area contributed by atoms with Crippen LogP contribution < -0.4 is 5.32 Å². The van der Waals surface area contributed by atoms with Gasteiger partial charge in [0.05, 0.1) is 6.42 Å². The van der Waals surface area contributed by atoms with Crippen molar-refractivity contribution in [1.29, 1.82) is 0 Å². The second-order valence-corrected chi connectivity index (χ2v) is 7.64. The molecule has 0 amide bonds. The Morgan fingerprint density at radius 3 is 2.30 bits per heavy atom. The Bertz CT molecular complexity index is 313. The Labute approximate surface area is 123 Å². The summed E-state index contributed by atoms with van der Waals surface area (Å²) >= 11 is 0. The fourth-order valence-electron chi connectivity index (χ4n) is 4.75. The average molecular weight is 281 g/mol. The standard InChI is InChI=1S/C17H31NO2/c1-13-8-14(2)10-17(9-13,11-16(19)20)12-18-15-6-4-3-5-7-15/h13-15,18H,3-12H2,1-2H3,(H,19,20). The molecule has 2 atom stereocenters. The molecule has 2 N–H and O–H groups in total. The summed E-state index contributed by atoms with van der Waals surface area (Å²) in [6, 6.07) is 0.627. The van der Waals surface area contributed by atoms with Gasteiger partial charge in [0.1, 0.15) is 0 Å². The smallest absolute Gasteiger partial charge is 0.303 e. The lowest BCUT2D eigenvalue weighted by atomic mass is 9.64. The van der Waals surface area contributed by atoms with Gasteiger partial charge in [0.15, 0.2) is 0 Å². The SMILES string of the molecule is CC1CC(C)CC(CNC2CCCCC2)(CC(=O)O)C1. The third-order valence-corrected chi connectivity index (χ3v) is 5.26.